The van der Waals surface area contributed by atoms with Gasteiger partial charge in [0.1, 0.15) is 0 Å². The molecule has 0 aromatic heterocycles. The van der Waals surface area contributed by atoms with E-state index >= 15 is 0 Å². The minimum atomic E-state index is 0.211. The molecule has 1 atom stereocenters. The third-order valence-corrected chi connectivity index (χ3v) is 2.86. The van der Waals surface area contributed by atoms with Gasteiger partial charge in [0.15, 0.2) is 0 Å². The molecule has 0 saturated heterocycles. The van der Waals surface area contributed by atoms with E-state index in [-0.39, 0.29) is 6.04 Å². The summed E-state index contributed by atoms with van der Waals surface area (Å²) >= 11 is 0. The first kappa shape index (κ1) is 9.47. The van der Waals surface area contributed by atoms with E-state index < -0.39 is 0 Å². The Morgan fingerprint density at radius 1 is 1.50 bits per heavy atom. The zero-order valence-electron chi connectivity index (χ0n) is 8.45. The van der Waals surface area contributed by atoms with Gasteiger partial charge in [0, 0.05) is 6.04 Å². The normalized spacial score (nSPS) is 17.8. The predicted octanol–water partition coefficient (Wildman–Crippen LogP) is 3.13. The Morgan fingerprint density at radius 2 is 2.29 bits per heavy atom. The molecule has 1 aromatic rings. The minimum Gasteiger partial charge on any atom is -0.324 e. The van der Waals surface area contributed by atoms with Crippen LogP contribution in [0.5, 0.6) is 0 Å². The van der Waals surface area contributed by atoms with Crippen LogP contribution in [0.2, 0.25) is 0 Å². The molecule has 14 heavy (non-hydrogen) atoms. The van der Waals surface area contributed by atoms with Crippen LogP contribution < -0.4 is 5.73 Å². The maximum atomic E-state index is 6.13. The molecule has 0 spiro atoms. The maximum absolute atomic E-state index is 6.13. The van der Waals surface area contributed by atoms with Gasteiger partial charge in [-0.2, -0.15) is 0 Å². The van der Waals surface area contributed by atoms with Gasteiger partial charge in [0.25, 0.3) is 0 Å². The lowest BCUT2D eigenvalue weighted by Gasteiger charge is -2.11. The van der Waals surface area contributed by atoms with Crippen molar-refractivity contribution in [2.45, 2.75) is 25.3 Å². The third kappa shape index (κ3) is 2.24. The highest BCUT2D eigenvalue weighted by atomic mass is 14.6. The summed E-state index contributed by atoms with van der Waals surface area (Å²) in [6.07, 6.45) is 5.75. The van der Waals surface area contributed by atoms with Crippen molar-refractivity contribution in [3.8, 4) is 0 Å². The largest absolute Gasteiger partial charge is 0.324 e. The summed E-state index contributed by atoms with van der Waals surface area (Å²) in [7, 11) is 0. The second-order valence-corrected chi connectivity index (χ2v) is 4.16. The number of hydrogen-bond donors (Lipinski definition) is 1. The lowest BCUT2D eigenvalue weighted by atomic mass is 10.0. The fraction of sp³-hybridized carbons (Fsp3) is 0.385. The van der Waals surface area contributed by atoms with Crippen LogP contribution >= 0.6 is 0 Å². The van der Waals surface area contributed by atoms with Crippen LogP contribution in [0.15, 0.2) is 30.8 Å². The lowest BCUT2D eigenvalue weighted by molar-refractivity contribution is 0.597. The van der Waals surface area contributed by atoms with Crippen LogP contribution in [0.3, 0.4) is 0 Å². The molecule has 1 fully saturated rings. The van der Waals surface area contributed by atoms with E-state index in [1.54, 1.807) is 0 Å². The Labute approximate surface area is 85.6 Å². The summed E-state index contributed by atoms with van der Waals surface area (Å²) in [5, 5.41) is 0. The van der Waals surface area contributed by atoms with Crippen molar-refractivity contribution < 1.29 is 0 Å². The average molecular weight is 187 g/mol. The Kier molecular flexibility index (Phi) is 2.69. The second-order valence-electron chi connectivity index (χ2n) is 4.16. The number of nitrogens with two attached hydrogens (primary N) is 1. The number of hydrogen-bond acceptors (Lipinski definition) is 1. The molecule has 0 radical (unpaired) electrons. The molecule has 1 aromatic carbocycles. The molecule has 1 saturated carbocycles. The monoisotopic (exact) mass is 187 g/mol. The van der Waals surface area contributed by atoms with Crippen LogP contribution in [-0.2, 0) is 0 Å². The van der Waals surface area contributed by atoms with Crippen molar-refractivity contribution in [3.63, 3.8) is 0 Å². The van der Waals surface area contributed by atoms with Gasteiger partial charge in [-0.1, -0.05) is 49.8 Å². The molecule has 1 heteroatoms. The van der Waals surface area contributed by atoms with Crippen molar-refractivity contribution in [3.05, 3.63) is 42.0 Å². The van der Waals surface area contributed by atoms with Gasteiger partial charge in [-0.15, -0.1) is 0 Å². The van der Waals surface area contributed by atoms with Gasteiger partial charge in [0.05, 0.1) is 0 Å². The molecule has 0 aliphatic heterocycles. The van der Waals surface area contributed by atoms with Crippen LogP contribution in [0.4, 0.5) is 0 Å². The molecule has 74 valence electrons. The van der Waals surface area contributed by atoms with Crippen molar-refractivity contribution >= 4 is 6.08 Å². The average Bonchev–Trinajstić information content (AvgIpc) is 3.02. The van der Waals surface area contributed by atoms with Gasteiger partial charge < -0.3 is 5.73 Å². The molecule has 2 rings (SSSR count). The van der Waals surface area contributed by atoms with Gasteiger partial charge in [0.2, 0.25) is 0 Å². The zero-order valence-corrected chi connectivity index (χ0v) is 8.45. The molecule has 2 N–H and O–H groups in total. The fourth-order valence-electron chi connectivity index (χ4n) is 1.77. The van der Waals surface area contributed by atoms with E-state index in [2.05, 4.69) is 30.8 Å². The maximum Gasteiger partial charge on any atom is 0.0297 e. The standard InChI is InChI=1S/C13H17N/c1-2-10-4-3-5-12(8-10)13(14)9-11-6-7-11/h2-5,8,11,13H,1,6-7,9,14H2/t13-/m0/s1. The zero-order chi connectivity index (χ0) is 9.97. The molecule has 0 amide bonds. The van der Waals surface area contributed by atoms with Crippen molar-refractivity contribution in [1.82, 2.24) is 0 Å². The molecular weight excluding hydrogens is 170 g/mol. The second kappa shape index (κ2) is 3.97. The Bertz CT molecular complexity index is 326. The summed E-state index contributed by atoms with van der Waals surface area (Å²) < 4.78 is 0. The van der Waals surface area contributed by atoms with Gasteiger partial charge in [-0.05, 0) is 23.5 Å². The highest BCUT2D eigenvalue weighted by Gasteiger charge is 2.24. The third-order valence-electron chi connectivity index (χ3n) is 2.86. The summed E-state index contributed by atoms with van der Waals surface area (Å²) in [5.41, 5.74) is 8.53. The van der Waals surface area contributed by atoms with E-state index in [1.165, 1.54) is 18.4 Å². The van der Waals surface area contributed by atoms with Gasteiger partial charge >= 0.3 is 0 Å². The van der Waals surface area contributed by atoms with E-state index in [0.717, 1.165) is 17.9 Å². The minimum absolute atomic E-state index is 0.211. The van der Waals surface area contributed by atoms with Crippen LogP contribution in [0.1, 0.15) is 36.4 Å². The molecular formula is C13H17N. The number of rotatable bonds is 4. The molecule has 0 unspecified atom stereocenters. The molecule has 0 heterocycles. The van der Waals surface area contributed by atoms with E-state index in [1.807, 2.05) is 6.08 Å². The highest BCUT2D eigenvalue weighted by Crippen LogP contribution is 2.36. The highest BCUT2D eigenvalue weighted by molar-refractivity contribution is 5.48. The molecule has 1 aliphatic rings. The molecule has 1 aliphatic carbocycles. The van der Waals surface area contributed by atoms with E-state index in [4.69, 9.17) is 5.73 Å². The summed E-state index contributed by atoms with van der Waals surface area (Å²) in [6.45, 7) is 3.76. The molecule has 1 nitrogen and oxygen atoms in total. The summed E-state index contributed by atoms with van der Waals surface area (Å²) in [6, 6.07) is 8.57. The number of benzene rings is 1. The van der Waals surface area contributed by atoms with Crippen molar-refractivity contribution in [1.29, 1.82) is 0 Å². The quantitative estimate of drug-likeness (QED) is 0.770. The Morgan fingerprint density at radius 3 is 2.93 bits per heavy atom. The van der Waals surface area contributed by atoms with Crippen LogP contribution in [-0.4, -0.2) is 0 Å². The van der Waals surface area contributed by atoms with E-state index in [9.17, 15) is 0 Å². The lowest BCUT2D eigenvalue weighted by Crippen LogP contribution is -2.10. The van der Waals surface area contributed by atoms with Crippen LogP contribution in [0, 0.1) is 5.92 Å². The van der Waals surface area contributed by atoms with Gasteiger partial charge in [-0.25, -0.2) is 0 Å². The van der Waals surface area contributed by atoms with Crippen molar-refractivity contribution in [2.75, 3.05) is 0 Å². The SMILES string of the molecule is C=Cc1cccc([C@@H](N)CC2CC2)c1. The first-order valence-electron chi connectivity index (χ1n) is 5.27. The fourth-order valence-corrected chi connectivity index (χ4v) is 1.77. The van der Waals surface area contributed by atoms with Gasteiger partial charge in [-0.3, -0.25) is 0 Å². The first-order valence-corrected chi connectivity index (χ1v) is 5.27. The summed E-state index contributed by atoms with van der Waals surface area (Å²) in [4.78, 5) is 0. The topological polar surface area (TPSA) is 26.0 Å². The summed E-state index contributed by atoms with van der Waals surface area (Å²) in [5.74, 6) is 0.886. The molecule has 0 bridgehead atoms. The predicted molar refractivity (Wildman–Crippen MR) is 60.8 cm³/mol. The smallest absolute Gasteiger partial charge is 0.0297 e. The Balaban J connectivity index is 2.08. The van der Waals surface area contributed by atoms with E-state index in [0.29, 0.717) is 0 Å². The van der Waals surface area contributed by atoms with Crippen LogP contribution in [0.25, 0.3) is 6.08 Å². The first-order chi connectivity index (χ1) is 6.79. The Hall–Kier alpha value is -1.08. The van der Waals surface area contributed by atoms with Crippen molar-refractivity contribution in [2.24, 2.45) is 11.7 Å².